The van der Waals surface area contributed by atoms with Gasteiger partial charge in [0.05, 0.1) is 11.4 Å². The number of hydrogen-bond acceptors (Lipinski definition) is 4. The smallest absolute Gasteiger partial charge is 0.293 e. The second-order valence-electron chi connectivity index (χ2n) is 6.71. The summed E-state index contributed by atoms with van der Waals surface area (Å²) in [7, 11) is 0. The molecule has 0 atom stereocenters. The second-order valence-corrected chi connectivity index (χ2v) is 7.70. The molecule has 0 spiro atoms. The number of nitrogens with zero attached hydrogens (tertiary/aromatic N) is 1. The molecule has 1 heterocycles. The minimum absolute atomic E-state index is 0.242. The molecule has 150 valence electrons. The minimum atomic E-state index is -0.317. The summed E-state index contributed by atoms with van der Waals surface area (Å²) in [6.45, 7) is 0.506. The van der Waals surface area contributed by atoms with Crippen molar-refractivity contribution in [1.82, 2.24) is 4.90 Å². The number of thioether (sulfide) groups is 1. The van der Waals surface area contributed by atoms with Crippen molar-refractivity contribution < 1.29 is 18.7 Å². The van der Waals surface area contributed by atoms with E-state index in [-0.39, 0.29) is 30.1 Å². The fourth-order valence-electron chi connectivity index (χ4n) is 3.02. The molecule has 4 rings (SSSR count). The van der Waals surface area contributed by atoms with Gasteiger partial charge in [0.1, 0.15) is 18.2 Å². The summed E-state index contributed by atoms with van der Waals surface area (Å²) in [6.07, 6.45) is 1.68. The van der Waals surface area contributed by atoms with Gasteiger partial charge in [0.15, 0.2) is 0 Å². The fourth-order valence-corrected chi connectivity index (χ4v) is 3.85. The zero-order valence-corrected chi connectivity index (χ0v) is 16.8. The Morgan fingerprint density at radius 2 is 1.57 bits per heavy atom. The molecule has 0 saturated carbocycles. The van der Waals surface area contributed by atoms with Crippen LogP contribution in [0.5, 0.6) is 5.75 Å². The van der Waals surface area contributed by atoms with Gasteiger partial charge in [-0.15, -0.1) is 0 Å². The molecule has 30 heavy (non-hydrogen) atoms. The quantitative estimate of drug-likeness (QED) is 0.485. The molecule has 0 bridgehead atoms. The number of ether oxygens (including phenoxy) is 1. The van der Waals surface area contributed by atoms with Gasteiger partial charge >= 0.3 is 0 Å². The van der Waals surface area contributed by atoms with Crippen molar-refractivity contribution in [2.75, 3.05) is 0 Å². The van der Waals surface area contributed by atoms with Crippen LogP contribution in [0.2, 0.25) is 0 Å². The molecule has 4 nitrogen and oxygen atoms in total. The van der Waals surface area contributed by atoms with Crippen molar-refractivity contribution >= 4 is 29.0 Å². The molecule has 3 aromatic rings. The van der Waals surface area contributed by atoms with Gasteiger partial charge < -0.3 is 4.74 Å². The zero-order valence-electron chi connectivity index (χ0n) is 16.0. The predicted molar refractivity (Wildman–Crippen MR) is 115 cm³/mol. The molecule has 0 radical (unpaired) electrons. The Hall–Kier alpha value is -3.38. The molecule has 0 aliphatic carbocycles. The van der Waals surface area contributed by atoms with Crippen LogP contribution < -0.4 is 4.74 Å². The first-order valence-corrected chi connectivity index (χ1v) is 10.2. The first-order chi connectivity index (χ1) is 14.6. The van der Waals surface area contributed by atoms with E-state index in [1.807, 2.05) is 48.5 Å². The third-order valence-corrected chi connectivity index (χ3v) is 5.48. The first-order valence-electron chi connectivity index (χ1n) is 9.36. The van der Waals surface area contributed by atoms with Crippen LogP contribution in [0.3, 0.4) is 0 Å². The van der Waals surface area contributed by atoms with Gasteiger partial charge in [0, 0.05) is 5.56 Å². The molecule has 1 saturated heterocycles. The van der Waals surface area contributed by atoms with E-state index in [9.17, 15) is 14.0 Å². The summed E-state index contributed by atoms with van der Waals surface area (Å²) < 4.78 is 18.9. The number of halogens is 1. The second kappa shape index (κ2) is 8.97. The lowest BCUT2D eigenvalue weighted by Crippen LogP contribution is -2.27. The summed E-state index contributed by atoms with van der Waals surface area (Å²) in [4.78, 5) is 26.8. The maximum absolute atomic E-state index is 13.1. The van der Waals surface area contributed by atoms with E-state index in [0.717, 1.165) is 22.9 Å². The third kappa shape index (κ3) is 4.60. The molecular weight excluding hydrogens is 401 g/mol. The molecule has 0 aromatic heterocycles. The lowest BCUT2D eigenvalue weighted by atomic mass is 10.1. The Morgan fingerprint density at radius 1 is 0.867 bits per heavy atom. The van der Waals surface area contributed by atoms with E-state index in [0.29, 0.717) is 16.2 Å². The average molecular weight is 419 g/mol. The number of amides is 2. The largest absolute Gasteiger partial charge is 0.488 e. The van der Waals surface area contributed by atoms with Gasteiger partial charge in [0.25, 0.3) is 11.1 Å². The van der Waals surface area contributed by atoms with E-state index >= 15 is 0 Å². The Balaban J connectivity index is 1.51. The van der Waals surface area contributed by atoms with Crippen LogP contribution in [0.25, 0.3) is 6.08 Å². The van der Waals surface area contributed by atoms with Crippen LogP contribution in [0, 0.1) is 5.82 Å². The highest BCUT2D eigenvalue weighted by Crippen LogP contribution is 2.35. The maximum Gasteiger partial charge on any atom is 0.293 e. The highest BCUT2D eigenvalue weighted by atomic mass is 32.2. The lowest BCUT2D eigenvalue weighted by Gasteiger charge is -2.12. The van der Waals surface area contributed by atoms with E-state index in [1.54, 1.807) is 24.3 Å². The minimum Gasteiger partial charge on any atom is -0.488 e. The highest BCUT2D eigenvalue weighted by Gasteiger charge is 2.35. The molecule has 0 N–H and O–H groups in total. The number of para-hydroxylation sites is 1. The molecule has 1 fully saturated rings. The number of hydrogen-bond donors (Lipinski definition) is 0. The standard InChI is InChI=1S/C24H18FNO3S/c25-20-12-10-18(11-13-20)16-29-21-9-5-4-8-19(21)14-22-23(27)26(24(28)30-22)15-17-6-2-1-3-7-17/h1-14H,15-16H2/b22-14-. The third-order valence-electron chi connectivity index (χ3n) is 4.57. The van der Waals surface area contributed by atoms with Crippen molar-refractivity contribution in [3.8, 4) is 5.75 Å². The first kappa shape index (κ1) is 19.9. The van der Waals surface area contributed by atoms with Crippen LogP contribution in [-0.2, 0) is 17.9 Å². The SMILES string of the molecule is O=C1S/C(=C\c2ccccc2OCc2ccc(F)cc2)C(=O)N1Cc1ccccc1. The summed E-state index contributed by atoms with van der Waals surface area (Å²) in [5.41, 5.74) is 2.42. The normalized spacial score (nSPS) is 15.1. The lowest BCUT2D eigenvalue weighted by molar-refractivity contribution is -0.123. The van der Waals surface area contributed by atoms with Crippen molar-refractivity contribution in [2.45, 2.75) is 13.2 Å². The molecule has 3 aromatic carbocycles. The van der Waals surface area contributed by atoms with Crippen LogP contribution in [0.15, 0.2) is 83.8 Å². The molecule has 1 aliphatic heterocycles. The fraction of sp³-hybridized carbons (Fsp3) is 0.0833. The monoisotopic (exact) mass is 419 g/mol. The summed E-state index contributed by atoms with van der Waals surface area (Å²) in [6, 6.07) is 22.8. The van der Waals surface area contributed by atoms with Crippen LogP contribution in [0.1, 0.15) is 16.7 Å². The molecule has 1 aliphatic rings. The predicted octanol–water partition coefficient (Wildman–Crippen LogP) is 5.64. The molecular formula is C24H18FNO3S. The van der Waals surface area contributed by atoms with Gasteiger partial charge in [-0.25, -0.2) is 4.39 Å². The number of imide groups is 1. The van der Waals surface area contributed by atoms with Crippen molar-refractivity contribution in [2.24, 2.45) is 0 Å². The summed E-state index contributed by atoms with van der Waals surface area (Å²) in [5, 5.41) is -0.292. The van der Waals surface area contributed by atoms with Crippen molar-refractivity contribution in [3.05, 3.63) is 106 Å². The van der Waals surface area contributed by atoms with E-state index in [4.69, 9.17) is 4.74 Å². The van der Waals surface area contributed by atoms with Crippen LogP contribution in [0.4, 0.5) is 9.18 Å². The Morgan fingerprint density at radius 3 is 2.33 bits per heavy atom. The topological polar surface area (TPSA) is 46.6 Å². The zero-order chi connectivity index (χ0) is 20.9. The highest BCUT2D eigenvalue weighted by molar-refractivity contribution is 8.18. The van der Waals surface area contributed by atoms with Gasteiger partial charge in [-0.1, -0.05) is 60.7 Å². The number of benzene rings is 3. The van der Waals surface area contributed by atoms with Crippen LogP contribution >= 0.6 is 11.8 Å². The Bertz CT molecular complexity index is 1100. The Labute approximate surface area is 178 Å². The number of carbonyl (C=O) groups excluding carboxylic acids is 2. The summed E-state index contributed by atoms with van der Waals surface area (Å²) in [5.74, 6) is -0.0377. The summed E-state index contributed by atoms with van der Waals surface area (Å²) >= 11 is 0.922. The molecule has 2 amide bonds. The number of carbonyl (C=O) groups is 2. The van der Waals surface area contributed by atoms with Gasteiger partial charge in [-0.05, 0) is 47.2 Å². The maximum atomic E-state index is 13.1. The van der Waals surface area contributed by atoms with E-state index in [2.05, 4.69) is 0 Å². The number of rotatable bonds is 6. The van der Waals surface area contributed by atoms with Crippen molar-refractivity contribution in [3.63, 3.8) is 0 Å². The molecule has 6 heteroatoms. The van der Waals surface area contributed by atoms with Crippen LogP contribution in [-0.4, -0.2) is 16.0 Å². The van der Waals surface area contributed by atoms with Crippen molar-refractivity contribution in [1.29, 1.82) is 0 Å². The Kier molecular flexibility index (Phi) is 5.95. The molecule has 0 unspecified atom stereocenters. The van der Waals surface area contributed by atoms with E-state index < -0.39 is 0 Å². The van der Waals surface area contributed by atoms with Gasteiger partial charge in [-0.2, -0.15) is 0 Å². The average Bonchev–Trinajstić information content (AvgIpc) is 3.02. The van der Waals surface area contributed by atoms with Gasteiger partial charge in [0.2, 0.25) is 0 Å². The van der Waals surface area contributed by atoms with E-state index in [1.165, 1.54) is 17.0 Å². The van der Waals surface area contributed by atoms with Gasteiger partial charge in [-0.3, -0.25) is 14.5 Å².